The van der Waals surface area contributed by atoms with Crippen LogP contribution in [0.1, 0.15) is 20.0 Å². The molecule has 0 aliphatic heterocycles. The van der Waals surface area contributed by atoms with E-state index in [1.54, 1.807) is 5.32 Å². The summed E-state index contributed by atoms with van der Waals surface area (Å²) in [5.41, 5.74) is -0.433. The third-order valence-corrected chi connectivity index (χ3v) is 1.58. The van der Waals surface area contributed by atoms with E-state index < -0.39 is 42.6 Å². The molecule has 0 aliphatic rings. The molecule has 0 heterocycles. The number of carbonyl (C=O) groups excluding carboxylic acids is 1. The van der Waals surface area contributed by atoms with Crippen LogP contribution in [0.5, 0.6) is 0 Å². The molecule has 0 atom stereocenters. The van der Waals surface area contributed by atoms with Crippen molar-refractivity contribution in [2.45, 2.75) is 0 Å². The minimum absolute atomic E-state index is 0.171. The number of nitrogens with one attached hydrogen (secondary N) is 1. The van der Waals surface area contributed by atoms with Gasteiger partial charge in [-0.15, -0.1) is 0 Å². The lowest BCUT2D eigenvalue weighted by molar-refractivity contribution is 0.0962. The summed E-state index contributed by atoms with van der Waals surface area (Å²) in [4.78, 5) is 11.7. The largest absolute Gasteiger partial charge is 0.355 e. The molecular weight excluding hydrogens is 206 g/mol. The molecule has 1 aromatic carbocycles. The standard InChI is InChI=1S/C8H8BrNO/c1-10-8(11)6-4-2-3-5-7(6)9/h2-5H,1H3,(H,10,11)/i1D3,2D,3D,4D,5D. The predicted octanol–water partition coefficient (Wildman–Crippen LogP) is 1.81. The second-order valence-electron chi connectivity index (χ2n) is 1.64. The van der Waals surface area contributed by atoms with Gasteiger partial charge in [-0.25, -0.2) is 0 Å². The molecule has 0 aliphatic carbocycles. The molecule has 11 heavy (non-hydrogen) atoms. The zero-order valence-corrected chi connectivity index (χ0v) is 6.87. The molecule has 0 radical (unpaired) electrons. The van der Waals surface area contributed by atoms with Crippen LogP contribution in [-0.4, -0.2) is 12.9 Å². The van der Waals surface area contributed by atoms with Gasteiger partial charge in [-0.05, 0) is 28.0 Å². The lowest BCUT2D eigenvalue weighted by atomic mass is 10.2. The predicted molar refractivity (Wildman–Crippen MR) is 47.5 cm³/mol. The van der Waals surface area contributed by atoms with Crippen LogP contribution in [0.4, 0.5) is 0 Å². The molecule has 1 aromatic rings. The van der Waals surface area contributed by atoms with E-state index in [0.29, 0.717) is 0 Å². The van der Waals surface area contributed by atoms with E-state index in [4.69, 9.17) is 9.60 Å². The van der Waals surface area contributed by atoms with Gasteiger partial charge in [0.25, 0.3) is 5.91 Å². The second-order valence-corrected chi connectivity index (χ2v) is 2.44. The normalized spacial score (nSPS) is 19.5. The average Bonchev–Trinajstić information content (AvgIpc) is 2.21. The minimum atomic E-state index is -2.73. The summed E-state index contributed by atoms with van der Waals surface area (Å²) in [7, 11) is 0. The van der Waals surface area contributed by atoms with E-state index in [1.807, 2.05) is 0 Å². The molecule has 1 N–H and O–H groups in total. The highest BCUT2D eigenvalue weighted by Crippen LogP contribution is 2.14. The van der Waals surface area contributed by atoms with Gasteiger partial charge in [0.2, 0.25) is 0 Å². The maximum Gasteiger partial charge on any atom is 0.252 e. The third kappa shape index (κ3) is 1.80. The average molecular weight is 221 g/mol. The number of amides is 1. The zero-order chi connectivity index (χ0) is 14.2. The topological polar surface area (TPSA) is 29.1 Å². The van der Waals surface area contributed by atoms with Gasteiger partial charge in [0.05, 0.1) is 11.0 Å². The van der Waals surface area contributed by atoms with Gasteiger partial charge in [0, 0.05) is 15.6 Å². The Hall–Kier alpha value is -0.830. The fourth-order valence-corrected chi connectivity index (χ4v) is 0.894. The quantitative estimate of drug-likeness (QED) is 0.769. The van der Waals surface area contributed by atoms with Crippen molar-refractivity contribution in [2.75, 3.05) is 6.98 Å². The zero-order valence-electron chi connectivity index (χ0n) is 12.3. The van der Waals surface area contributed by atoms with E-state index in [9.17, 15) is 4.79 Å². The summed E-state index contributed by atoms with van der Waals surface area (Å²) in [5, 5.41) is 1.67. The molecule has 0 fully saturated rings. The van der Waals surface area contributed by atoms with E-state index in [2.05, 4.69) is 15.9 Å². The Morgan fingerprint density at radius 1 is 1.73 bits per heavy atom. The monoisotopic (exact) mass is 220 g/mol. The first-order valence-corrected chi connectivity index (χ1v) is 3.44. The number of carbonyl (C=O) groups is 1. The lowest BCUT2D eigenvalue weighted by Crippen LogP contribution is -2.17. The highest BCUT2D eigenvalue weighted by atomic mass is 79.9. The Morgan fingerprint density at radius 3 is 3.18 bits per heavy atom. The van der Waals surface area contributed by atoms with Gasteiger partial charge >= 0.3 is 0 Å². The van der Waals surface area contributed by atoms with Crippen molar-refractivity contribution in [3.05, 3.63) is 34.2 Å². The van der Waals surface area contributed by atoms with Crippen molar-refractivity contribution >= 4 is 21.8 Å². The lowest BCUT2D eigenvalue weighted by Gasteiger charge is -2.00. The third-order valence-electron chi connectivity index (χ3n) is 0.982. The fraction of sp³-hybridized carbons (Fsp3) is 0.125. The van der Waals surface area contributed by atoms with Crippen LogP contribution in [0.3, 0.4) is 0 Å². The maximum absolute atomic E-state index is 11.7. The van der Waals surface area contributed by atoms with Gasteiger partial charge in [-0.2, -0.15) is 0 Å². The highest BCUT2D eigenvalue weighted by Gasteiger charge is 2.04. The van der Waals surface area contributed by atoms with Crippen LogP contribution in [0.15, 0.2) is 28.6 Å². The summed E-state index contributed by atoms with van der Waals surface area (Å²) in [6.07, 6.45) is 0. The summed E-state index contributed by atoms with van der Waals surface area (Å²) < 4.78 is 50.3. The van der Waals surface area contributed by atoms with Crippen molar-refractivity contribution in [2.24, 2.45) is 0 Å². The molecular formula is C8H8BrNO. The molecule has 0 aromatic heterocycles. The fourth-order valence-electron chi connectivity index (χ4n) is 0.516. The van der Waals surface area contributed by atoms with Crippen molar-refractivity contribution in [1.29, 1.82) is 0 Å². The van der Waals surface area contributed by atoms with Gasteiger partial charge < -0.3 is 5.32 Å². The summed E-state index contributed by atoms with van der Waals surface area (Å²) in [6.45, 7) is -2.73. The smallest absolute Gasteiger partial charge is 0.252 e. The summed E-state index contributed by atoms with van der Waals surface area (Å²) in [6, 6.07) is -2.13. The molecule has 0 saturated carbocycles. The summed E-state index contributed by atoms with van der Waals surface area (Å²) in [5.74, 6) is -1.09. The number of rotatable bonds is 1. The Kier molecular flexibility index (Phi) is 0.931. The van der Waals surface area contributed by atoms with Crippen LogP contribution in [0.25, 0.3) is 0 Å². The van der Waals surface area contributed by atoms with Gasteiger partial charge in [0.1, 0.15) is 0 Å². The molecule has 1 amide bonds. The van der Waals surface area contributed by atoms with Crippen LogP contribution in [0, 0.1) is 0 Å². The van der Waals surface area contributed by atoms with E-state index in [-0.39, 0.29) is 4.47 Å². The van der Waals surface area contributed by atoms with Crippen LogP contribution in [-0.2, 0) is 0 Å². The van der Waals surface area contributed by atoms with E-state index >= 15 is 0 Å². The summed E-state index contributed by atoms with van der Waals surface area (Å²) >= 11 is 2.87. The molecule has 58 valence electrons. The van der Waals surface area contributed by atoms with E-state index in [0.717, 1.165) is 0 Å². The van der Waals surface area contributed by atoms with Crippen LogP contribution < -0.4 is 5.32 Å². The Morgan fingerprint density at radius 2 is 2.45 bits per heavy atom. The van der Waals surface area contributed by atoms with Gasteiger partial charge in [-0.3, -0.25) is 4.79 Å². The SMILES string of the molecule is [2H]c1c([2H])c([2H])c(C(=O)NC([2H])([2H])[2H])c(Br)c1[2H]. The first-order valence-electron chi connectivity index (χ1n) is 6.14. The minimum Gasteiger partial charge on any atom is -0.355 e. The molecule has 0 spiro atoms. The number of hydrogen-bond acceptors (Lipinski definition) is 1. The second kappa shape index (κ2) is 3.53. The molecule has 3 heteroatoms. The Labute approximate surface area is 83.6 Å². The van der Waals surface area contributed by atoms with Crippen molar-refractivity contribution in [3.8, 4) is 0 Å². The highest BCUT2D eigenvalue weighted by molar-refractivity contribution is 9.10. The van der Waals surface area contributed by atoms with Crippen LogP contribution >= 0.6 is 15.9 Å². The van der Waals surface area contributed by atoms with E-state index in [1.165, 1.54) is 0 Å². The van der Waals surface area contributed by atoms with Gasteiger partial charge in [0.15, 0.2) is 0 Å². The van der Waals surface area contributed by atoms with Crippen molar-refractivity contribution < 1.29 is 14.4 Å². The first kappa shape index (κ1) is 2.90. The Balaban J connectivity index is 3.38. The number of halogens is 1. The molecule has 0 bridgehead atoms. The molecule has 0 unspecified atom stereocenters. The Bertz CT molecular complexity index is 484. The first-order chi connectivity index (χ1) is 8.06. The molecule has 1 rings (SSSR count). The molecule has 2 nitrogen and oxygen atoms in total. The molecule has 0 saturated heterocycles. The van der Waals surface area contributed by atoms with Crippen LogP contribution in [0.2, 0.25) is 0 Å². The van der Waals surface area contributed by atoms with Gasteiger partial charge in [-0.1, -0.05) is 12.1 Å². The van der Waals surface area contributed by atoms with Crippen molar-refractivity contribution in [1.82, 2.24) is 5.32 Å². The van der Waals surface area contributed by atoms with Crippen molar-refractivity contribution in [3.63, 3.8) is 0 Å². The maximum atomic E-state index is 11.7. The number of benzene rings is 1. The number of hydrogen-bond donors (Lipinski definition) is 1.